The van der Waals surface area contributed by atoms with Crippen molar-refractivity contribution in [2.75, 3.05) is 47.5 Å². The molecule has 0 spiro atoms. The predicted octanol–water partition coefficient (Wildman–Crippen LogP) is 11.7. The van der Waals surface area contributed by atoms with Crippen LogP contribution in [0.15, 0.2) is 24.3 Å². The molecule has 2 atom stereocenters. The molecule has 318 valence electrons. The van der Waals surface area contributed by atoms with E-state index in [1.54, 1.807) is 0 Å². The summed E-state index contributed by atoms with van der Waals surface area (Å²) in [7, 11) is 1.15. The van der Waals surface area contributed by atoms with Crippen LogP contribution in [0, 0.1) is 0 Å². The van der Waals surface area contributed by atoms with Crippen LogP contribution in [0.5, 0.6) is 0 Å². The number of quaternary nitrogens is 1. The van der Waals surface area contributed by atoms with E-state index >= 15 is 0 Å². The number of unbranched alkanes of at least 4 members (excludes halogenated alkanes) is 22. The second-order valence-corrected chi connectivity index (χ2v) is 17.5. The highest BCUT2D eigenvalue weighted by atomic mass is 31.2. The van der Waals surface area contributed by atoms with Crippen molar-refractivity contribution >= 4 is 19.8 Å². The lowest BCUT2D eigenvalue weighted by Gasteiger charge is -2.28. The fourth-order valence-electron chi connectivity index (χ4n) is 5.98. The first kappa shape index (κ1) is 52.5. The molecule has 0 aliphatic rings. The van der Waals surface area contributed by atoms with Crippen LogP contribution in [0.4, 0.5) is 0 Å². The molecule has 0 saturated heterocycles. The minimum absolute atomic E-state index is 0.0348. The molecule has 0 heterocycles. The van der Waals surface area contributed by atoms with Gasteiger partial charge in [-0.05, 0) is 44.9 Å². The SMILES string of the molecule is CCCCCCCC/C=C/C/C=C/CCCCC(=O)O[C@H](COC(=O)CCCCCCCCCCCCCCCCC)COP(=O)([O-])OCC[N+](C)(C)C. The van der Waals surface area contributed by atoms with Gasteiger partial charge in [-0.25, -0.2) is 0 Å². The molecule has 0 rings (SSSR count). The Hall–Kier alpha value is -1.51. The zero-order valence-corrected chi connectivity index (χ0v) is 36.6. The third-order valence-electron chi connectivity index (χ3n) is 9.47. The van der Waals surface area contributed by atoms with Crippen molar-refractivity contribution in [2.24, 2.45) is 0 Å². The summed E-state index contributed by atoms with van der Waals surface area (Å²) in [6.07, 6.45) is 39.2. The summed E-state index contributed by atoms with van der Waals surface area (Å²) in [6, 6.07) is 0. The lowest BCUT2D eigenvalue weighted by atomic mass is 10.0. The van der Waals surface area contributed by atoms with E-state index in [4.69, 9.17) is 18.5 Å². The fourth-order valence-corrected chi connectivity index (χ4v) is 6.71. The highest BCUT2D eigenvalue weighted by Gasteiger charge is 2.21. The molecule has 0 aromatic rings. The first-order chi connectivity index (χ1) is 26.0. The molecule has 54 heavy (non-hydrogen) atoms. The summed E-state index contributed by atoms with van der Waals surface area (Å²) in [6.45, 7) is 4.19. The Morgan fingerprint density at radius 2 is 1.00 bits per heavy atom. The fraction of sp³-hybridized carbons (Fsp3) is 0.864. The summed E-state index contributed by atoms with van der Waals surface area (Å²) in [5, 5.41) is 0. The number of rotatable bonds is 40. The zero-order chi connectivity index (χ0) is 40.0. The highest BCUT2D eigenvalue weighted by molar-refractivity contribution is 7.45. The van der Waals surface area contributed by atoms with Crippen molar-refractivity contribution in [3.8, 4) is 0 Å². The molecule has 0 N–H and O–H groups in total. The number of nitrogens with zero attached hydrogens (tertiary/aromatic N) is 1. The number of hydrogen-bond donors (Lipinski definition) is 0. The van der Waals surface area contributed by atoms with Gasteiger partial charge in [-0.1, -0.05) is 160 Å². The second-order valence-electron chi connectivity index (χ2n) is 16.1. The van der Waals surface area contributed by atoms with E-state index in [1.165, 1.54) is 116 Å². The summed E-state index contributed by atoms with van der Waals surface area (Å²) >= 11 is 0. The van der Waals surface area contributed by atoms with E-state index in [1.807, 2.05) is 21.1 Å². The van der Waals surface area contributed by atoms with E-state index in [9.17, 15) is 19.0 Å². The van der Waals surface area contributed by atoms with Crippen molar-refractivity contribution in [1.82, 2.24) is 0 Å². The van der Waals surface area contributed by atoms with Gasteiger partial charge >= 0.3 is 11.9 Å². The van der Waals surface area contributed by atoms with Gasteiger partial charge in [0.1, 0.15) is 19.8 Å². The summed E-state index contributed by atoms with van der Waals surface area (Å²) in [5.74, 6) is -0.866. The molecule has 9 nitrogen and oxygen atoms in total. The molecule has 0 aromatic carbocycles. The van der Waals surface area contributed by atoms with Crippen LogP contribution < -0.4 is 4.89 Å². The molecule has 0 bridgehead atoms. The number of esters is 2. The maximum absolute atomic E-state index is 12.6. The molecule has 0 fully saturated rings. The van der Waals surface area contributed by atoms with Crippen LogP contribution in [0.25, 0.3) is 0 Å². The number of phosphoric acid groups is 1. The standard InChI is InChI=1S/C44H84NO8P/c1-6-8-10-12-14-16-18-20-22-24-26-28-30-32-34-36-43(46)50-40-42(41-52-54(48,49)51-39-38-45(3,4)5)53-44(47)37-35-33-31-29-27-25-23-21-19-17-15-13-11-9-7-2/h21,23,27,29,42H,6-20,22,24-26,28,30-41H2,1-5H3/b23-21+,29-27+/t42-/m1/s1. The largest absolute Gasteiger partial charge is 0.756 e. The minimum Gasteiger partial charge on any atom is -0.756 e. The molecule has 0 saturated carbocycles. The lowest BCUT2D eigenvalue weighted by molar-refractivity contribution is -0.870. The van der Waals surface area contributed by atoms with Crippen molar-refractivity contribution in [3.63, 3.8) is 0 Å². The topological polar surface area (TPSA) is 111 Å². The number of likely N-dealkylation sites (N-methyl/N-ethyl adjacent to an activating group) is 1. The van der Waals surface area contributed by atoms with Crippen LogP contribution >= 0.6 is 7.82 Å². The molecular weight excluding hydrogens is 701 g/mol. The third kappa shape index (κ3) is 40.2. The lowest BCUT2D eigenvalue weighted by Crippen LogP contribution is -2.37. The minimum atomic E-state index is -4.63. The molecule has 0 aliphatic carbocycles. The quantitative estimate of drug-likeness (QED) is 0.0198. The van der Waals surface area contributed by atoms with E-state index in [0.29, 0.717) is 17.4 Å². The third-order valence-corrected chi connectivity index (χ3v) is 10.4. The molecule has 0 aliphatic heterocycles. The molecule has 10 heteroatoms. The van der Waals surface area contributed by atoms with Crippen molar-refractivity contribution in [1.29, 1.82) is 0 Å². The van der Waals surface area contributed by atoms with Crippen LogP contribution in [-0.4, -0.2) is 70.0 Å². The van der Waals surface area contributed by atoms with Crippen LogP contribution in [0.2, 0.25) is 0 Å². The normalized spacial score (nSPS) is 13.8. The Kier molecular flexibility index (Phi) is 36.1. The summed E-state index contributed by atoms with van der Waals surface area (Å²) < 4.78 is 33.8. The second kappa shape index (κ2) is 37.1. The summed E-state index contributed by atoms with van der Waals surface area (Å²) in [4.78, 5) is 37.5. The maximum atomic E-state index is 12.6. The number of carbonyl (C=O) groups is 2. The number of carbonyl (C=O) groups excluding carboxylic acids is 2. The highest BCUT2D eigenvalue weighted by Crippen LogP contribution is 2.38. The molecule has 0 amide bonds. The summed E-state index contributed by atoms with van der Waals surface area (Å²) in [5.41, 5.74) is 0. The van der Waals surface area contributed by atoms with Gasteiger partial charge in [-0.15, -0.1) is 0 Å². The Morgan fingerprint density at radius 3 is 1.50 bits per heavy atom. The van der Waals surface area contributed by atoms with Crippen LogP contribution in [-0.2, 0) is 32.7 Å². The van der Waals surface area contributed by atoms with Gasteiger partial charge in [0.05, 0.1) is 27.7 Å². The number of ether oxygens (including phenoxy) is 2. The first-order valence-electron chi connectivity index (χ1n) is 22.0. The van der Waals surface area contributed by atoms with Gasteiger partial charge in [0, 0.05) is 12.8 Å². The van der Waals surface area contributed by atoms with Gasteiger partial charge in [0.2, 0.25) is 0 Å². The Balaban J connectivity index is 4.40. The maximum Gasteiger partial charge on any atom is 0.306 e. The van der Waals surface area contributed by atoms with E-state index < -0.39 is 26.5 Å². The Bertz CT molecular complexity index is 980. The monoisotopic (exact) mass is 786 g/mol. The van der Waals surface area contributed by atoms with E-state index in [0.717, 1.165) is 44.9 Å². The molecule has 0 radical (unpaired) electrons. The van der Waals surface area contributed by atoms with E-state index in [-0.39, 0.29) is 32.0 Å². The van der Waals surface area contributed by atoms with Crippen molar-refractivity contribution in [3.05, 3.63) is 24.3 Å². The molecule has 1 unspecified atom stereocenters. The van der Waals surface area contributed by atoms with Crippen LogP contribution in [0.3, 0.4) is 0 Å². The number of allylic oxidation sites excluding steroid dienone is 4. The molecule has 0 aromatic heterocycles. The van der Waals surface area contributed by atoms with E-state index in [2.05, 4.69) is 38.2 Å². The van der Waals surface area contributed by atoms with Gasteiger partial charge < -0.3 is 27.9 Å². The van der Waals surface area contributed by atoms with Gasteiger partial charge in [-0.3, -0.25) is 14.2 Å². The van der Waals surface area contributed by atoms with Crippen molar-refractivity contribution in [2.45, 2.75) is 200 Å². The average Bonchev–Trinajstić information content (AvgIpc) is 3.12. The number of hydrogen-bond acceptors (Lipinski definition) is 8. The Labute approximate surface area is 332 Å². The zero-order valence-electron chi connectivity index (χ0n) is 35.7. The molecular formula is C44H84NO8P. The van der Waals surface area contributed by atoms with Gasteiger partial charge in [0.15, 0.2) is 6.10 Å². The van der Waals surface area contributed by atoms with Gasteiger partial charge in [0.25, 0.3) is 7.82 Å². The number of phosphoric ester groups is 1. The first-order valence-corrected chi connectivity index (χ1v) is 23.5. The van der Waals surface area contributed by atoms with Crippen molar-refractivity contribution < 1.29 is 42.1 Å². The Morgan fingerprint density at radius 1 is 0.574 bits per heavy atom. The van der Waals surface area contributed by atoms with Gasteiger partial charge in [-0.2, -0.15) is 0 Å². The smallest absolute Gasteiger partial charge is 0.306 e. The predicted molar refractivity (Wildman–Crippen MR) is 222 cm³/mol. The average molecular weight is 786 g/mol. The van der Waals surface area contributed by atoms with Crippen LogP contribution in [0.1, 0.15) is 194 Å².